The second-order valence-electron chi connectivity index (χ2n) is 4.35. The minimum Gasteiger partial charge on any atom is -0.508 e. The van der Waals surface area contributed by atoms with Crippen LogP contribution in [0.2, 0.25) is 0 Å². The Morgan fingerprint density at radius 2 is 2.18 bits per heavy atom. The molecule has 0 bridgehead atoms. The highest BCUT2D eigenvalue weighted by Crippen LogP contribution is 2.14. The van der Waals surface area contributed by atoms with Crippen molar-refractivity contribution in [1.82, 2.24) is 4.90 Å². The molecule has 2 rings (SSSR count). The van der Waals surface area contributed by atoms with Gasteiger partial charge in [-0.15, -0.1) is 0 Å². The highest BCUT2D eigenvalue weighted by molar-refractivity contribution is 5.97. The topological polar surface area (TPSA) is 49.8 Å². The molecule has 0 amide bonds. The maximum absolute atomic E-state index is 11.9. The van der Waals surface area contributed by atoms with Crippen molar-refractivity contribution in [3.8, 4) is 5.75 Å². The van der Waals surface area contributed by atoms with Gasteiger partial charge in [0.05, 0.1) is 12.6 Å². The summed E-state index contributed by atoms with van der Waals surface area (Å²) < 4.78 is 5.26. The summed E-state index contributed by atoms with van der Waals surface area (Å²) in [6, 6.07) is 6.38. The monoisotopic (exact) mass is 235 g/mol. The van der Waals surface area contributed by atoms with E-state index in [-0.39, 0.29) is 17.6 Å². The summed E-state index contributed by atoms with van der Waals surface area (Å²) in [6.07, 6.45) is 1.24. The number of methoxy groups -OCH3 is 1. The first-order valence-corrected chi connectivity index (χ1v) is 5.76. The summed E-state index contributed by atoms with van der Waals surface area (Å²) in [5.74, 6) is 0.268. The van der Waals surface area contributed by atoms with E-state index in [4.69, 9.17) is 9.84 Å². The maximum atomic E-state index is 11.9. The van der Waals surface area contributed by atoms with Crippen molar-refractivity contribution < 1.29 is 14.6 Å². The van der Waals surface area contributed by atoms with Gasteiger partial charge in [-0.1, -0.05) is 0 Å². The number of phenolic OH excluding ortho intramolecular Hbond substituents is 1. The van der Waals surface area contributed by atoms with Crippen LogP contribution in [0.15, 0.2) is 24.3 Å². The Balaban J connectivity index is 1.91. The molecule has 1 unspecified atom stereocenters. The minimum atomic E-state index is 0.0850. The smallest absolute Gasteiger partial charge is 0.176 e. The van der Waals surface area contributed by atoms with Gasteiger partial charge in [0.25, 0.3) is 0 Å². The zero-order valence-electron chi connectivity index (χ0n) is 9.93. The molecule has 0 saturated carbocycles. The Bertz CT molecular complexity index is 388. The van der Waals surface area contributed by atoms with Crippen molar-refractivity contribution >= 4 is 5.78 Å². The van der Waals surface area contributed by atoms with Crippen LogP contribution in [0.1, 0.15) is 16.8 Å². The van der Waals surface area contributed by atoms with Crippen LogP contribution >= 0.6 is 0 Å². The molecule has 1 heterocycles. The largest absolute Gasteiger partial charge is 0.508 e. The van der Waals surface area contributed by atoms with E-state index in [1.807, 2.05) is 0 Å². The van der Waals surface area contributed by atoms with Gasteiger partial charge in [-0.05, 0) is 30.7 Å². The Labute approximate surface area is 101 Å². The van der Waals surface area contributed by atoms with Crippen LogP contribution < -0.4 is 0 Å². The van der Waals surface area contributed by atoms with E-state index in [2.05, 4.69) is 4.90 Å². The van der Waals surface area contributed by atoms with Gasteiger partial charge in [0.15, 0.2) is 5.78 Å². The van der Waals surface area contributed by atoms with Crippen LogP contribution in [-0.2, 0) is 4.74 Å². The molecule has 1 atom stereocenters. The number of ketones is 1. The second kappa shape index (κ2) is 5.29. The number of hydrogen-bond donors (Lipinski definition) is 1. The Morgan fingerprint density at radius 1 is 1.47 bits per heavy atom. The van der Waals surface area contributed by atoms with Gasteiger partial charge >= 0.3 is 0 Å². The van der Waals surface area contributed by atoms with E-state index in [0.29, 0.717) is 12.1 Å². The number of likely N-dealkylation sites (tertiary alicyclic amines) is 1. The Kier molecular flexibility index (Phi) is 3.76. The molecule has 1 aromatic rings. The predicted molar refractivity (Wildman–Crippen MR) is 64.3 cm³/mol. The number of aromatic hydroxyl groups is 1. The van der Waals surface area contributed by atoms with E-state index in [0.717, 1.165) is 19.5 Å². The molecule has 4 heteroatoms. The van der Waals surface area contributed by atoms with Gasteiger partial charge in [-0.2, -0.15) is 0 Å². The molecule has 0 spiro atoms. The quantitative estimate of drug-likeness (QED) is 0.799. The van der Waals surface area contributed by atoms with Gasteiger partial charge in [0, 0.05) is 25.8 Å². The third kappa shape index (κ3) is 3.05. The van der Waals surface area contributed by atoms with Crippen molar-refractivity contribution in [2.45, 2.75) is 12.5 Å². The molecule has 1 aromatic carbocycles. The standard InChI is InChI=1S/C13H17NO3/c1-17-12-6-7-14(8-12)9-13(16)10-2-4-11(15)5-3-10/h2-5,12,15H,6-9H2,1H3. The number of carbonyl (C=O) groups is 1. The lowest BCUT2D eigenvalue weighted by molar-refractivity contribution is 0.0899. The number of carbonyl (C=O) groups excluding carboxylic acids is 1. The third-order valence-electron chi connectivity index (χ3n) is 3.12. The summed E-state index contributed by atoms with van der Waals surface area (Å²) in [6.45, 7) is 2.15. The molecule has 92 valence electrons. The fourth-order valence-electron chi connectivity index (χ4n) is 2.07. The van der Waals surface area contributed by atoms with Crippen molar-refractivity contribution in [3.05, 3.63) is 29.8 Å². The van der Waals surface area contributed by atoms with Gasteiger partial charge in [-0.25, -0.2) is 0 Å². The zero-order valence-corrected chi connectivity index (χ0v) is 9.93. The number of rotatable bonds is 4. The number of hydrogen-bond acceptors (Lipinski definition) is 4. The van der Waals surface area contributed by atoms with Gasteiger partial charge in [-0.3, -0.25) is 9.69 Å². The molecule has 1 aliphatic heterocycles. The van der Waals surface area contributed by atoms with Crippen LogP contribution in [0, 0.1) is 0 Å². The number of nitrogens with zero attached hydrogens (tertiary/aromatic N) is 1. The lowest BCUT2D eigenvalue weighted by atomic mass is 10.1. The van der Waals surface area contributed by atoms with Crippen molar-refractivity contribution in [3.63, 3.8) is 0 Å². The summed E-state index contributed by atoms with van der Waals surface area (Å²) in [5.41, 5.74) is 0.642. The lowest BCUT2D eigenvalue weighted by Crippen LogP contribution is -2.29. The first kappa shape index (κ1) is 12.1. The van der Waals surface area contributed by atoms with Gasteiger partial charge in [0.2, 0.25) is 0 Å². The molecular formula is C13H17NO3. The maximum Gasteiger partial charge on any atom is 0.176 e. The van der Waals surface area contributed by atoms with Crippen molar-refractivity contribution in [2.75, 3.05) is 26.7 Å². The fourth-order valence-corrected chi connectivity index (χ4v) is 2.07. The Hall–Kier alpha value is -1.39. The van der Waals surface area contributed by atoms with E-state index < -0.39 is 0 Å². The molecule has 1 fully saturated rings. The second-order valence-corrected chi connectivity index (χ2v) is 4.35. The molecule has 0 aromatic heterocycles. The molecule has 1 N–H and O–H groups in total. The molecule has 0 radical (unpaired) electrons. The fraction of sp³-hybridized carbons (Fsp3) is 0.462. The van der Waals surface area contributed by atoms with Gasteiger partial charge in [0.1, 0.15) is 5.75 Å². The summed E-state index contributed by atoms with van der Waals surface area (Å²) in [4.78, 5) is 14.0. The summed E-state index contributed by atoms with van der Waals surface area (Å²) in [5, 5.41) is 9.15. The summed E-state index contributed by atoms with van der Waals surface area (Å²) in [7, 11) is 1.70. The predicted octanol–water partition coefficient (Wildman–Crippen LogP) is 1.30. The van der Waals surface area contributed by atoms with Crippen molar-refractivity contribution in [2.24, 2.45) is 0 Å². The van der Waals surface area contributed by atoms with Crippen LogP contribution in [0.4, 0.5) is 0 Å². The third-order valence-corrected chi connectivity index (χ3v) is 3.12. The average molecular weight is 235 g/mol. The van der Waals surface area contributed by atoms with E-state index in [1.54, 1.807) is 19.2 Å². The molecule has 0 aliphatic carbocycles. The Morgan fingerprint density at radius 3 is 2.76 bits per heavy atom. The number of ether oxygens (including phenoxy) is 1. The normalized spacial score (nSPS) is 20.6. The number of phenols is 1. The number of benzene rings is 1. The lowest BCUT2D eigenvalue weighted by Gasteiger charge is -2.14. The molecule has 4 nitrogen and oxygen atoms in total. The highest BCUT2D eigenvalue weighted by Gasteiger charge is 2.23. The molecule has 1 saturated heterocycles. The van der Waals surface area contributed by atoms with Gasteiger partial charge < -0.3 is 9.84 Å². The first-order valence-electron chi connectivity index (χ1n) is 5.76. The molecule has 1 aliphatic rings. The SMILES string of the molecule is COC1CCN(CC(=O)c2ccc(O)cc2)C1. The van der Waals surface area contributed by atoms with Crippen LogP contribution in [-0.4, -0.2) is 48.6 Å². The highest BCUT2D eigenvalue weighted by atomic mass is 16.5. The van der Waals surface area contributed by atoms with E-state index in [9.17, 15) is 4.79 Å². The van der Waals surface area contributed by atoms with Crippen LogP contribution in [0.25, 0.3) is 0 Å². The van der Waals surface area contributed by atoms with Crippen LogP contribution in [0.5, 0.6) is 5.75 Å². The summed E-state index contributed by atoms with van der Waals surface area (Å²) >= 11 is 0. The van der Waals surface area contributed by atoms with Crippen LogP contribution in [0.3, 0.4) is 0 Å². The minimum absolute atomic E-state index is 0.0850. The number of Topliss-reactive ketones (excluding diaryl/α,β-unsaturated/α-hetero) is 1. The molecular weight excluding hydrogens is 218 g/mol. The first-order chi connectivity index (χ1) is 8.19. The zero-order chi connectivity index (χ0) is 12.3. The average Bonchev–Trinajstić information content (AvgIpc) is 2.77. The molecule has 17 heavy (non-hydrogen) atoms. The van der Waals surface area contributed by atoms with Crippen molar-refractivity contribution in [1.29, 1.82) is 0 Å². The van der Waals surface area contributed by atoms with E-state index in [1.165, 1.54) is 12.1 Å². The van der Waals surface area contributed by atoms with E-state index >= 15 is 0 Å².